The maximum Gasteiger partial charge on any atom is 0.303 e. The molecule has 4 N–H and O–H groups in total. The van der Waals surface area contributed by atoms with Crippen LogP contribution in [0.2, 0.25) is 0 Å². The molecule has 14 heavy (non-hydrogen) atoms. The predicted octanol–water partition coefficient (Wildman–Crippen LogP) is 0.988. The summed E-state index contributed by atoms with van der Waals surface area (Å²) in [6.45, 7) is 0. The minimum atomic E-state index is -0.805. The van der Waals surface area contributed by atoms with Crippen molar-refractivity contribution in [1.29, 1.82) is 5.41 Å². The van der Waals surface area contributed by atoms with Crippen molar-refractivity contribution in [2.75, 3.05) is 0 Å². The first-order valence-electron chi connectivity index (χ1n) is 4.24. The van der Waals surface area contributed by atoms with Crippen molar-refractivity contribution in [1.82, 2.24) is 0 Å². The lowest BCUT2D eigenvalue weighted by atomic mass is 10.1. The summed E-state index contributed by atoms with van der Waals surface area (Å²) in [6.07, 6.45) is 0.632. The van der Waals surface area contributed by atoms with Crippen LogP contribution in [0.15, 0.2) is 24.3 Å². The van der Waals surface area contributed by atoms with Gasteiger partial charge in [0.05, 0.1) is 0 Å². The largest absolute Gasteiger partial charge is 0.481 e. The molecule has 0 unspecified atom stereocenters. The molecule has 0 fully saturated rings. The Hall–Kier alpha value is -1.84. The molecular formula is C10H12N2O2. The van der Waals surface area contributed by atoms with Crippen LogP contribution in [0.4, 0.5) is 0 Å². The molecule has 0 bridgehead atoms. The van der Waals surface area contributed by atoms with E-state index in [1.54, 1.807) is 24.3 Å². The first-order chi connectivity index (χ1) is 6.59. The third-order valence-electron chi connectivity index (χ3n) is 1.89. The Balaban J connectivity index is 2.64. The Kier molecular flexibility index (Phi) is 3.23. The van der Waals surface area contributed by atoms with Gasteiger partial charge >= 0.3 is 5.97 Å². The first-order valence-corrected chi connectivity index (χ1v) is 4.24. The molecule has 0 saturated carbocycles. The van der Waals surface area contributed by atoms with E-state index in [9.17, 15) is 4.79 Å². The van der Waals surface area contributed by atoms with Gasteiger partial charge in [-0.05, 0) is 12.0 Å². The number of nitrogens with two attached hydrogens (primary N) is 1. The summed E-state index contributed by atoms with van der Waals surface area (Å²) in [5.41, 5.74) is 6.87. The van der Waals surface area contributed by atoms with Crippen LogP contribution in [0.3, 0.4) is 0 Å². The number of amidine groups is 1. The number of rotatable bonds is 4. The molecule has 4 nitrogen and oxygen atoms in total. The topological polar surface area (TPSA) is 87.2 Å². The van der Waals surface area contributed by atoms with Crippen LogP contribution in [0.5, 0.6) is 0 Å². The van der Waals surface area contributed by atoms with Gasteiger partial charge in [-0.3, -0.25) is 10.2 Å². The van der Waals surface area contributed by atoms with Crippen molar-refractivity contribution in [3.8, 4) is 0 Å². The summed E-state index contributed by atoms with van der Waals surface area (Å²) in [5.74, 6) is -0.782. The van der Waals surface area contributed by atoms with Crippen LogP contribution >= 0.6 is 0 Å². The number of nitrogens with one attached hydrogen (secondary N) is 1. The number of nitrogen functional groups attached to an aromatic ring is 1. The fourth-order valence-electron chi connectivity index (χ4n) is 1.10. The lowest BCUT2D eigenvalue weighted by molar-refractivity contribution is -0.136. The van der Waals surface area contributed by atoms with E-state index < -0.39 is 5.97 Å². The summed E-state index contributed by atoms with van der Waals surface area (Å²) >= 11 is 0. The van der Waals surface area contributed by atoms with E-state index in [1.165, 1.54) is 0 Å². The number of aliphatic carboxylic acids is 1. The average molecular weight is 192 g/mol. The second-order valence-electron chi connectivity index (χ2n) is 3.00. The number of carbonyl (C=O) groups is 1. The van der Waals surface area contributed by atoms with Gasteiger partial charge in [0, 0.05) is 12.0 Å². The quantitative estimate of drug-likeness (QED) is 0.491. The minimum absolute atomic E-state index is 0.0229. The van der Waals surface area contributed by atoms with Crippen molar-refractivity contribution in [2.45, 2.75) is 12.8 Å². The van der Waals surface area contributed by atoms with E-state index in [4.69, 9.17) is 16.2 Å². The van der Waals surface area contributed by atoms with Gasteiger partial charge in [-0.25, -0.2) is 0 Å². The standard InChI is InChI=1S/C10H12N2O2/c11-10(12)8-4-1-7(2-5-8)3-6-9(13)14/h1-2,4-5H,3,6H2,(H3,11,12)(H,13,14). The highest BCUT2D eigenvalue weighted by molar-refractivity contribution is 5.94. The highest BCUT2D eigenvalue weighted by Crippen LogP contribution is 2.06. The molecule has 0 radical (unpaired) electrons. The third-order valence-corrected chi connectivity index (χ3v) is 1.89. The van der Waals surface area contributed by atoms with Gasteiger partial charge in [0.25, 0.3) is 0 Å². The molecule has 1 aromatic carbocycles. The minimum Gasteiger partial charge on any atom is -0.481 e. The zero-order chi connectivity index (χ0) is 10.6. The van der Waals surface area contributed by atoms with Gasteiger partial charge in [0.1, 0.15) is 5.84 Å². The number of hydrogen-bond acceptors (Lipinski definition) is 2. The fraction of sp³-hybridized carbons (Fsp3) is 0.200. The molecule has 0 aliphatic heterocycles. The Bertz CT molecular complexity index is 344. The van der Waals surface area contributed by atoms with E-state index >= 15 is 0 Å². The molecule has 1 rings (SSSR count). The maximum atomic E-state index is 10.3. The van der Waals surface area contributed by atoms with Crippen molar-refractivity contribution in [2.24, 2.45) is 5.73 Å². The van der Waals surface area contributed by atoms with Gasteiger partial charge in [-0.1, -0.05) is 24.3 Å². The third kappa shape index (κ3) is 2.90. The smallest absolute Gasteiger partial charge is 0.303 e. The van der Waals surface area contributed by atoms with E-state index in [1.807, 2.05) is 0 Å². The molecule has 0 aliphatic rings. The molecule has 1 aromatic rings. The molecule has 0 spiro atoms. The number of carboxylic acids is 1. The van der Waals surface area contributed by atoms with E-state index in [0.717, 1.165) is 5.56 Å². The van der Waals surface area contributed by atoms with Gasteiger partial charge in [-0.15, -0.1) is 0 Å². The van der Waals surface area contributed by atoms with Crippen LogP contribution in [-0.4, -0.2) is 16.9 Å². The molecule has 0 aliphatic carbocycles. The normalized spacial score (nSPS) is 9.71. The molecular weight excluding hydrogens is 180 g/mol. The van der Waals surface area contributed by atoms with Crippen LogP contribution < -0.4 is 5.73 Å². The van der Waals surface area contributed by atoms with E-state index in [-0.39, 0.29) is 12.3 Å². The van der Waals surface area contributed by atoms with Gasteiger partial charge < -0.3 is 10.8 Å². The Labute approximate surface area is 81.9 Å². The number of carboxylic acid groups (broad SMARTS) is 1. The van der Waals surface area contributed by atoms with E-state index in [2.05, 4.69) is 0 Å². The average Bonchev–Trinajstić information content (AvgIpc) is 2.15. The molecule has 0 amide bonds. The molecule has 0 atom stereocenters. The molecule has 0 aromatic heterocycles. The van der Waals surface area contributed by atoms with Gasteiger partial charge in [-0.2, -0.15) is 0 Å². The Morgan fingerprint density at radius 2 is 1.93 bits per heavy atom. The van der Waals surface area contributed by atoms with Crippen molar-refractivity contribution in [3.63, 3.8) is 0 Å². The van der Waals surface area contributed by atoms with Crippen molar-refractivity contribution < 1.29 is 9.90 Å². The SMILES string of the molecule is N=C(N)c1ccc(CCC(=O)O)cc1. The van der Waals surface area contributed by atoms with E-state index in [0.29, 0.717) is 12.0 Å². The summed E-state index contributed by atoms with van der Waals surface area (Å²) in [7, 11) is 0. The summed E-state index contributed by atoms with van der Waals surface area (Å²) in [5, 5.41) is 15.6. The van der Waals surface area contributed by atoms with Crippen LogP contribution in [0.1, 0.15) is 17.5 Å². The second-order valence-corrected chi connectivity index (χ2v) is 3.00. The molecule has 0 heterocycles. The van der Waals surface area contributed by atoms with Gasteiger partial charge in [0.15, 0.2) is 0 Å². The highest BCUT2D eigenvalue weighted by Gasteiger charge is 2.00. The molecule has 0 saturated heterocycles. The summed E-state index contributed by atoms with van der Waals surface area (Å²) in [6, 6.07) is 7.03. The Morgan fingerprint density at radius 3 is 2.36 bits per heavy atom. The summed E-state index contributed by atoms with van der Waals surface area (Å²) < 4.78 is 0. The fourth-order valence-corrected chi connectivity index (χ4v) is 1.10. The Morgan fingerprint density at radius 1 is 1.36 bits per heavy atom. The van der Waals surface area contributed by atoms with Gasteiger partial charge in [0.2, 0.25) is 0 Å². The monoisotopic (exact) mass is 192 g/mol. The van der Waals surface area contributed by atoms with Crippen LogP contribution in [0.25, 0.3) is 0 Å². The van der Waals surface area contributed by atoms with Crippen LogP contribution in [-0.2, 0) is 11.2 Å². The first kappa shape index (κ1) is 10.2. The number of hydrogen-bond donors (Lipinski definition) is 3. The van der Waals surface area contributed by atoms with Crippen molar-refractivity contribution >= 4 is 11.8 Å². The lowest BCUT2D eigenvalue weighted by Crippen LogP contribution is -2.10. The zero-order valence-corrected chi connectivity index (χ0v) is 7.66. The highest BCUT2D eigenvalue weighted by atomic mass is 16.4. The van der Waals surface area contributed by atoms with Crippen LogP contribution in [0, 0.1) is 5.41 Å². The lowest BCUT2D eigenvalue weighted by Gasteiger charge is -2.00. The molecule has 74 valence electrons. The number of benzene rings is 1. The maximum absolute atomic E-state index is 10.3. The summed E-state index contributed by atoms with van der Waals surface area (Å²) in [4.78, 5) is 10.3. The second kappa shape index (κ2) is 4.41. The zero-order valence-electron chi connectivity index (χ0n) is 7.66. The number of aryl methyl sites for hydroxylation is 1. The molecule has 4 heteroatoms. The van der Waals surface area contributed by atoms with Crippen molar-refractivity contribution in [3.05, 3.63) is 35.4 Å². The predicted molar refractivity (Wildman–Crippen MR) is 53.4 cm³/mol.